The molecule has 1 N–H and O–H groups in total. The molecular weight excluding hydrogens is 240 g/mol. The number of methoxy groups -OCH3 is 1. The average Bonchev–Trinajstić information content (AvgIpc) is 2.79. The lowest BCUT2D eigenvalue weighted by Crippen LogP contribution is -2.08. The summed E-state index contributed by atoms with van der Waals surface area (Å²) in [6.07, 6.45) is 0.200. The van der Waals surface area contributed by atoms with E-state index in [1.54, 1.807) is 11.8 Å². The normalized spacial score (nSPS) is 12.5. The van der Waals surface area contributed by atoms with Crippen molar-refractivity contribution in [2.24, 2.45) is 7.05 Å². The van der Waals surface area contributed by atoms with Crippen molar-refractivity contribution in [2.75, 3.05) is 7.11 Å². The second-order valence-electron chi connectivity index (χ2n) is 4.66. The highest BCUT2D eigenvalue weighted by Gasteiger charge is 2.17. The van der Waals surface area contributed by atoms with E-state index in [0.717, 1.165) is 34.7 Å². The number of rotatable bonds is 4. The quantitative estimate of drug-likeness (QED) is 0.918. The third-order valence-electron chi connectivity index (χ3n) is 3.38. The molecule has 2 aromatic rings. The number of aryl methyl sites for hydroxylation is 3. The molecule has 0 radical (unpaired) electrons. The van der Waals surface area contributed by atoms with Gasteiger partial charge in [0.15, 0.2) is 0 Å². The molecule has 1 atom stereocenters. The number of nitrogens with zero attached hydrogens (tertiary/aromatic N) is 2. The molecule has 0 aliphatic carbocycles. The fourth-order valence-electron chi connectivity index (χ4n) is 2.21. The summed E-state index contributed by atoms with van der Waals surface area (Å²) >= 11 is 0. The third-order valence-corrected chi connectivity index (χ3v) is 3.38. The van der Waals surface area contributed by atoms with E-state index in [0.29, 0.717) is 0 Å². The molecule has 0 fully saturated rings. The van der Waals surface area contributed by atoms with Crippen LogP contribution in [0.3, 0.4) is 0 Å². The minimum atomic E-state index is -0.663. The van der Waals surface area contributed by atoms with Gasteiger partial charge in [-0.25, -0.2) is 0 Å². The van der Waals surface area contributed by atoms with E-state index in [1.165, 1.54) is 0 Å². The van der Waals surface area contributed by atoms with Crippen LogP contribution in [0.1, 0.15) is 35.5 Å². The summed E-state index contributed by atoms with van der Waals surface area (Å²) in [5, 5.41) is 14.9. The van der Waals surface area contributed by atoms with Crippen LogP contribution in [0.25, 0.3) is 0 Å². The SMILES string of the molecule is CCc1cc(C(O)c2ccc(OC)cc2C)n(C)n1. The van der Waals surface area contributed by atoms with Gasteiger partial charge in [-0.15, -0.1) is 0 Å². The molecule has 1 unspecified atom stereocenters. The molecule has 0 saturated carbocycles. The van der Waals surface area contributed by atoms with Gasteiger partial charge in [-0.05, 0) is 42.7 Å². The Morgan fingerprint density at radius 3 is 2.63 bits per heavy atom. The second kappa shape index (κ2) is 5.45. The number of ether oxygens (including phenoxy) is 1. The van der Waals surface area contributed by atoms with Crippen molar-refractivity contribution in [3.63, 3.8) is 0 Å². The molecule has 102 valence electrons. The summed E-state index contributed by atoms with van der Waals surface area (Å²) in [6.45, 7) is 4.02. The topological polar surface area (TPSA) is 47.3 Å². The van der Waals surface area contributed by atoms with E-state index in [1.807, 2.05) is 38.2 Å². The summed E-state index contributed by atoms with van der Waals surface area (Å²) in [7, 11) is 3.50. The van der Waals surface area contributed by atoms with Crippen LogP contribution in [0.2, 0.25) is 0 Å². The maximum absolute atomic E-state index is 10.5. The van der Waals surface area contributed by atoms with Crippen molar-refractivity contribution < 1.29 is 9.84 Å². The van der Waals surface area contributed by atoms with Crippen LogP contribution in [0.4, 0.5) is 0 Å². The largest absolute Gasteiger partial charge is 0.497 e. The number of hydrogen-bond acceptors (Lipinski definition) is 3. The zero-order valence-corrected chi connectivity index (χ0v) is 11.8. The van der Waals surface area contributed by atoms with Gasteiger partial charge >= 0.3 is 0 Å². The van der Waals surface area contributed by atoms with Crippen LogP contribution in [0.15, 0.2) is 24.3 Å². The van der Waals surface area contributed by atoms with Gasteiger partial charge in [-0.2, -0.15) is 5.10 Å². The maximum atomic E-state index is 10.5. The molecule has 19 heavy (non-hydrogen) atoms. The Balaban J connectivity index is 2.37. The lowest BCUT2D eigenvalue weighted by Gasteiger charge is -2.14. The van der Waals surface area contributed by atoms with Gasteiger partial charge < -0.3 is 9.84 Å². The fourth-order valence-corrected chi connectivity index (χ4v) is 2.21. The Morgan fingerprint density at radius 2 is 2.11 bits per heavy atom. The molecular formula is C15H20N2O2. The zero-order chi connectivity index (χ0) is 14.0. The van der Waals surface area contributed by atoms with Crippen molar-refractivity contribution in [1.29, 1.82) is 0 Å². The first kappa shape index (κ1) is 13.6. The lowest BCUT2D eigenvalue weighted by molar-refractivity contribution is 0.209. The smallest absolute Gasteiger partial charge is 0.121 e. The van der Waals surface area contributed by atoms with Crippen molar-refractivity contribution in [2.45, 2.75) is 26.4 Å². The van der Waals surface area contributed by atoms with Gasteiger partial charge in [0.25, 0.3) is 0 Å². The lowest BCUT2D eigenvalue weighted by atomic mass is 10.0. The number of hydrogen-bond donors (Lipinski definition) is 1. The number of benzene rings is 1. The number of aliphatic hydroxyl groups excluding tert-OH is 1. The highest BCUT2D eigenvalue weighted by atomic mass is 16.5. The first-order valence-electron chi connectivity index (χ1n) is 6.42. The molecule has 1 aromatic carbocycles. The molecule has 0 saturated heterocycles. The monoisotopic (exact) mass is 260 g/mol. The molecule has 0 aliphatic heterocycles. The highest BCUT2D eigenvalue weighted by Crippen LogP contribution is 2.27. The van der Waals surface area contributed by atoms with E-state index >= 15 is 0 Å². The Hall–Kier alpha value is -1.81. The first-order chi connectivity index (χ1) is 9.06. The van der Waals surface area contributed by atoms with Crippen molar-refractivity contribution >= 4 is 0 Å². The molecule has 0 amide bonds. The van der Waals surface area contributed by atoms with Gasteiger partial charge in [0.2, 0.25) is 0 Å². The molecule has 0 aliphatic rings. The molecule has 4 heteroatoms. The average molecular weight is 260 g/mol. The molecule has 1 heterocycles. The zero-order valence-electron chi connectivity index (χ0n) is 11.8. The number of aliphatic hydroxyl groups is 1. The summed E-state index contributed by atoms with van der Waals surface area (Å²) < 4.78 is 6.92. The van der Waals surface area contributed by atoms with E-state index in [-0.39, 0.29) is 0 Å². The van der Waals surface area contributed by atoms with E-state index in [2.05, 4.69) is 12.0 Å². The highest BCUT2D eigenvalue weighted by molar-refractivity contribution is 5.39. The van der Waals surface area contributed by atoms with Crippen molar-refractivity contribution in [3.8, 4) is 5.75 Å². The fraction of sp³-hybridized carbons (Fsp3) is 0.400. The summed E-state index contributed by atoms with van der Waals surface area (Å²) in [4.78, 5) is 0. The number of aromatic nitrogens is 2. The van der Waals surface area contributed by atoms with Crippen LogP contribution in [0.5, 0.6) is 5.75 Å². The van der Waals surface area contributed by atoms with Crippen LogP contribution in [0, 0.1) is 6.92 Å². The predicted octanol–water partition coefficient (Wildman–Crippen LogP) is 2.38. The van der Waals surface area contributed by atoms with Gasteiger partial charge in [-0.1, -0.05) is 13.0 Å². The van der Waals surface area contributed by atoms with E-state index in [9.17, 15) is 5.11 Å². The van der Waals surface area contributed by atoms with Gasteiger partial charge in [0.05, 0.1) is 18.5 Å². The molecule has 4 nitrogen and oxygen atoms in total. The minimum Gasteiger partial charge on any atom is -0.497 e. The molecule has 1 aromatic heterocycles. The van der Waals surface area contributed by atoms with Gasteiger partial charge in [0.1, 0.15) is 11.9 Å². The standard InChI is InChI=1S/C15H20N2O2/c1-5-11-9-14(17(3)16-11)15(18)13-7-6-12(19-4)8-10(13)2/h6-9,15,18H,5H2,1-4H3. The Labute approximate surface area is 113 Å². The second-order valence-corrected chi connectivity index (χ2v) is 4.66. The van der Waals surface area contributed by atoms with E-state index < -0.39 is 6.10 Å². The van der Waals surface area contributed by atoms with Crippen LogP contribution >= 0.6 is 0 Å². The first-order valence-corrected chi connectivity index (χ1v) is 6.42. The predicted molar refractivity (Wildman–Crippen MR) is 74.4 cm³/mol. The summed E-state index contributed by atoms with van der Waals surface area (Å²) in [6, 6.07) is 7.64. The van der Waals surface area contributed by atoms with Crippen LogP contribution in [-0.2, 0) is 13.5 Å². The molecule has 0 bridgehead atoms. The Bertz CT molecular complexity index is 576. The molecule has 2 rings (SSSR count). The Morgan fingerprint density at radius 1 is 1.37 bits per heavy atom. The third kappa shape index (κ3) is 2.63. The van der Waals surface area contributed by atoms with Gasteiger partial charge in [-0.3, -0.25) is 4.68 Å². The maximum Gasteiger partial charge on any atom is 0.121 e. The van der Waals surface area contributed by atoms with Crippen LogP contribution < -0.4 is 4.74 Å². The van der Waals surface area contributed by atoms with Gasteiger partial charge in [0, 0.05) is 7.05 Å². The van der Waals surface area contributed by atoms with Crippen LogP contribution in [-0.4, -0.2) is 22.0 Å². The van der Waals surface area contributed by atoms with Crippen molar-refractivity contribution in [1.82, 2.24) is 9.78 Å². The molecule has 0 spiro atoms. The van der Waals surface area contributed by atoms with E-state index in [4.69, 9.17) is 4.74 Å². The van der Waals surface area contributed by atoms with Crippen molar-refractivity contribution in [3.05, 3.63) is 46.8 Å². The summed E-state index contributed by atoms with van der Waals surface area (Å²) in [5.41, 5.74) is 3.69. The summed E-state index contributed by atoms with van der Waals surface area (Å²) in [5.74, 6) is 0.799. The Kier molecular flexibility index (Phi) is 3.90. The minimum absolute atomic E-state index is 0.663.